The number of ether oxygens (including phenoxy) is 2. The molecule has 1 amide bonds. The van der Waals surface area contributed by atoms with Crippen molar-refractivity contribution < 1.29 is 33.8 Å². The van der Waals surface area contributed by atoms with Crippen LogP contribution in [-0.2, 0) is 21.6 Å². The van der Waals surface area contributed by atoms with Crippen LogP contribution in [0.5, 0.6) is 11.5 Å². The van der Waals surface area contributed by atoms with E-state index in [-0.39, 0.29) is 23.3 Å². The van der Waals surface area contributed by atoms with Gasteiger partial charge in [-0.15, -0.1) is 0 Å². The monoisotopic (exact) mass is 1180 g/mol. The summed E-state index contributed by atoms with van der Waals surface area (Å²) in [7, 11) is 0. The average molecular weight is 1180 g/mol. The number of Topliss-reactive ketones (excluding diaryl/α,β-unsaturated/α-hetero) is 1. The SMILES string of the molecule is O=C(c1ccc(Cl)cc1)c1ccc(OCCCCCN2CCN(C(C(=O)NCCc3ccccc3)C(=O)C(N3CCN(CCCCCOc4ccc(C(=O)c5ccc(Cl)cc5)cc4)CC3)N3CCC(O)(c4ccc(Cl)cc4)CC3)CC2)cc1. The minimum atomic E-state index is -1.06. The number of nitrogens with one attached hydrogen (secondary N) is 1. The maximum absolute atomic E-state index is 15.7. The molecule has 16 heteroatoms. The van der Waals surface area contributed by atoms with Gasteiger partial charge in [-0.1, -0.05) is 77.3 Å². The summed E-state index contributed by atoms with van der Waals surface area (Å²) in [5.41, 5.74) is 3.23. The van der Waals surface area contributed by atoms with Crippen molar-refractivity contribution in [3.05, 3.63) is 200 Å². The quantitative estimate of drug-likeness (QED) is 0.0275. The average Bonchev–Trinajstić information content (AvgIpc) is 3.70. The Morgan fingerprint density at radius 2 is 0.892 bits per heavy atom. The number of ketones is 3. The van der Waals surface area contributed by atoms with Gasteiger partial charge in [0.15, 0.2) is 23.4 Å². The van der Waals surface area contributed by atoms with Gasteiger partial charge in [-0.25, -0.2) is 0 Å². The van der Waals surface area contributed by atoms with E-state index in [0.29, 0.717) is 116 Å². The van der Waals surface area contributed by atoms with Crippen molar-refractivity contribution in [1.29, 1.82) is 0 Å². The summed E-state index contributed by atoms with van der Waals surface area (Å²) in [6, 6.07) is 44.8. The highest BCUT2D eigenvalue weighted by atomic mass is 35.5. The van der Waals surface area contributed by atoms with Crippen LogP contribution < -0.4 is 14.8 Å². The normalized spacial score (nSPS) is 17.1. The van der Waals surface area contributed by atoms with E-state index in [1.54, 1.807) is 72.8 Å². The molecule has 6 aromatic rings. The molecule has 0 aromatic heterocycles. The first-order valence-corrected chi connectivity index (χ1v) is 30.6. The number of amides is 1. The minimum Gasteiger partial charge on any atom is -0.494 e. The molecule has 0 saturated carbocycles. The van der Waals surface area contributed by atoms with Gasteiger partial charge in [-0.05, 0) is 191 Å². The third kappa shape index (κ3) is 17.6. The predicted molar refractivity (Wildman–Crippen MR) is 329 cm³/mol. The summed E-state index contributed by atoms with van der Waals surface area (Å²) in [5, 5.41) is 17.0. The van der Waals surface area contributed by atoms with Gasteiger partial charge in [0.1, 0.15) is 17.7 Å². The molecule has 0 aliphatic carbocycles. The lowest BCUT2D eigenvalue weighted by Crippen LogP contribution is -2.67. The maximum Gasteiger partial charge on any atom is 0.245 e. The molecule has 3 aliphatic heterocycles. The van der Waals surface area contributed by atoms with Crippen LogP contribution in [0.4, 0.5) is 0 Å². The molecule has 0 radical (unpaired) electrons. The van der Waals surface area contributed by atoms with Crippen molar-refractivity contribution in [3.8, 4) is 11.5 Å². The number of carbonyl (C=O) groups is 4. The number of aliphatic hydroxyl groups is 1. The van der Waals surface area contributed by atoms with Gasteiger partial charge in [-0.2, -0.15) is 0 Å². The topological polar surface area (TPSA) is 135 Å². The van der Waals surface area contributed by atoms with Crippen molar-refractivity contribution in [2.45, 2.75) is 75.6 Å². The second kappa shape index (κ2) is 30.7. The maximum atomic E-state index is 15.7. The van der Waals surface area contributed by atoms with Crippen LogP contribution >= 0.6 is 34.8 Å². The summed E-state index contributed by atoms with van der Waals surface area (Å²) in [6.45, 7) is 9.98. The van der Waals surface area contributed by atoms with E-state index >= 15 is 4.79 Å². The molecule has 2 atom stereocenters. The molecule has 13 nitrogen and oxygen atoms in total. The first-order chi connectivity index (χ1) is 40.4. The molecule has 2 unspecified atom stereocenters. The van der Waals surface area contributed by atoms with Gasteiger partial charge in [0, 0.05) is 109 Å². The van der Waals surface area contributed by atoms with Crippen LogP contribution in [0.3, 0.4) is 0 Å². The molecule has 2 N–H and O–H groups in total. The summed E-state index contributed by atoms with van der Waals surface area (Å²) in [6.07, 6.45) is 6.66. The second-order valence-corrected chi connectivity index (χ2v) is 23.4. The molecule has 6 aromatic carbocycles. The first-order valence-electron chi connectivity index (χ1n) is 29.5. The number of likely N-dealkylation sites (tertiary alicyclic amines) is 1. The van der Waals surface area contributed by atoms with E-state index < -0.39 is 17.8 Å². The summed E-state index contributed by atoms with van der Waals surface area (Å²) >= 11 is 18.3. The fourth-order valence-corrected chi connectivity index (χ4v) is 11.9. The third-order valence-corrected chi connectivity index (χ3v) is 17.2. The minimum absolute atomic E-state index is 0.0619. The van der Waals surface area contributed by atoms with E-state index in [1.807, 2.05) is 66.7 Å². The second-order valence-electron chi connectivity index (χ2n) is 22.1. The molecule has 3 saturated heterocycles. The van der Waals surface area contributed by atoms with Crippen molar-refractivity contribution in [3.63, 3.8) is 0 Å². The number of rotatable bonds is 28. The lowest BCUT2D eigenvalue weighted by Gasteiger charge is -2.48. The fraction of sp³-hybridized carbons (Fsp3) is 0.403. The Bertz CT molecular complexity index is 3000. The number of unbranched alkanes of at least 4 members (excludes halogenated alkanes) is 4. The van der Waals surface area contributed by atoms with E-state index in [4.69, 9.17) is 44.3 Å². The van der Waals surface area contributed by atoms with Crippen LogP contribution in [0, 0.1) is 0 Å². The lowest BCUT2D eigenvalue weighted by atomic mass is 9.84. The summed E-state index contributed by atoms with van der Waals surface area (Å²) < 4.78 is 12.1. The molecule has 3 heterocycles. The number of piperazine rings is 2. The molecule has 9 rings (SSSR count). The van der Waals surface area contributed by atoms with Gasteiger partial charge in [0.2, 0.25) is 5.91 Å². The van der Waals surface area contributed by atoms with Crippen molar-refractivity contribution in [2.75, 3.05) is 98.3 Å². The highest BCUT2D eigenvalue weighted by Gasteiger charge is 2.46. The Balaban J connectivity index is 0.781. The largest absolute Gasteiger partial charge is 0.494 e. The van der Waals surface area contributed by atoms with E-state index in [2.05, 4.69) is 41.9 Å². The first kappa shape index (κ1) is 61.6. The van der Waals surface area contributed by atoms with Crippen molar-refractivity contribution in [2.24, 2.45) is 0 Å². The molecule has 3 fully saturated rings. The van der Waals surface area contributed by atoms with Crippen LogP contribution in [-0.4, -0.2) is 163 Å². The van der Waals surface area contributed by atoms with Crippen molar-refractivity contribution >= 4 is 58.1 Å². The summed E-state index contributed by atoms with van der Waals surface area (Å²) in [5.74, 6) is 0.967. The number of hydrogen-bond donors (Lipinski definition) is 2. The summed E-state index contributed by atoms with van der Waals surface area (Å²) in [4.78, 5) is 67.7. The molecule has 83 heavy (non-hydrogen) atoms. The molecule has 3 aliphatic rings. The molecule has 438 valence electrons. The van der Waals surface area contributed by atoms with Crippen LogP contribution in [0.15, 0.2) is 152 Å². The van der Waals surface area contributed by atoms with E-state index in [1.165, 1.54) is 0 Å². The van der Waals surface area contributed by atoms with Crippen LogP contribution in [0.2, 0.25) is 15.1 Å². The fourth-order valence-electron chi connectivity index (χ4n) is 11.5. The number of benzene rings is 6. The number of carbonyl (C=O) groups excluding carboxylic acids is 4. The Morgan fingerprint density at radius 3 is 1.35 bits per heavy atom. The number of nitrogens with zero attached hydrogens (tertiary/aromatic N) is 5. The van der Waals surface area contributed by atoms with Crippen LogP contribution in [0.1, 0.15) is 94.3 Å². The molecular formula is C67H77Cl3N6O7. The standard InChI is InChI=1S/C67H77Cl3N6O7/c68-56-22-12-51(13-23-56)62(77)53-16-28-59(29-17-53)82-48-8-2-6-36-72-40-44-74(45-41-72)61(65(80)71-35-32-50-10-4-1-5-11-50)64(79)66(75-38-33-67(81,34-39-75)55-20-26-58(70)27-21-55)76-46-42-73(43-47-76)37-7-3-9-49-83-60-30-18-54(19-31-60)63(78)52-14-24-57(69)25-15-52/h1,4-5,10-31,61,66,81H,2-3,6-9,32-49H2,(H,71,80). The van der Waals surface area contributed by atoms with Gasteiger partial charge in [0.25, 0.3) is 0 Å². The van der Waals surface area contributed by atoms with Crippen molar-refractivity contribution in [1.82, 2.24) is 29.8 Å². The highest BCUT2D eigenvalue weighted by molar-refractivity contribution is 6.31. The Morgan fingerprint density at radius 1 is 0.482 bits per heavy atom. The number of hydrogen-bond acceptors (Lipinski definition) is 12. The van der Waals surface area contributed by atoms with E-state index in [0.717, 1.165) is 100 Å². The number of halogens is 3. The third-order valence-electron chi connectivity index (χ3n) is 16.4. The lowest BCUT2D eigenvalue weighted by molar-refractivity contribution is -0.149. The molecule has 0 bridgehead atoms. The Hall–Kier alpha value is -5.97. The zero-order chi connectivity index (χ0) is 58.0. The zero-order valence-corrected chi connectivity index (χ0v) is 49.6. The number of piperidine rings is 1. The smallest absolute Gasteiger partial charge is 0.245 e. The van der Waals surface area contributed by atoms with Gasteiger partial charge in [-0.3, -0.25) is 33.9 Å². The zero-order valence-electron chi connectivity index (χ0n) is 47.3. The predicted octanol–water partition coefficient (Wildman–Crippen LogP) is 10.7. The van der Waals surface area contributed by atoms with Crippen LogP contribution in [0.25, 0.3) is 0 Å². The van der Waals surface area contributed by atoms with E-state index in [9.17, 15) is 19.5 Å². The Kier molecular flexibility index (Phi) is 22.8. The van der Waals surface area contributed by atoms with Gasteiger partial charge >= 0.3 is 0 Å². The highest BCUT2D eigenvalue weighted by Crippen LogP contribution is 2.35. The van der Waals surface area contributed by atoms with Gasteiger partial charge in [0.05, 0.1) is 18.8 Å². The Labute approximate surface area is 504 Å². The van der Waals surface area contributed by atoms with Gasteiger partial charge < -0.3 is 29.7 Å². The molecular weight excluding hydrogens is 1110 g/mol. The molecule has 0 spiro atoms.